The minimum Gasteiger partial charge on any atom is -0.466 e. The molecule has 1 N–H and O–H groups in total. The van der Waals surface area contributed by atoms with Gasteiger partial charge in [0.05, 0.1) is 13.2 Å². The lowest BCUT2D eigenvalue weighted by atomic mass is 10.1. The molecule has 0 aliphatic heterocycles. The van der Waals surface area contributed by atoms with Crippen LogP contribution in [-0.2, 0) is 19.1 Å². The van der Waals surface area contributed by atoms with E-state index in [9.17, 15) is 9.59 Å². The van der Waals surface area contributed by atoms with Crippen LogP contribution in [0.25, 0.3) is 0 Å². The van der Waals surface area contributed by atoms with Crippen LogP contribution in [0.2, 0.25) is 0 Å². The Morgan fingerprint density at radius 2 is 1.12 bits per heavy atom. The molecule has 0 bridgehead atoms. The van der Waals surface area contributed by atoms with E-state index in [0.717, 1.165) is 12.8 Å². The van der Waals surface area contributed by atoms with Gasteiger partial charge >= 0.3 is 11.9 Å². The zero-order valence-corrected chi connectivity index (χ0v) is 15.4. The molecule has 5 heteroatoms. The number of aliphatic hydroxyl groups excluding tert-OH is 1. The van der Waals surface area contributed by atoms with Crippen molar-refractivity contribution in [3.8, 4) is 0 Å². The molecule has 0 radical (unpaired) electrons. The van der Waals surface area contributed by atoms with E-state index in [1.54, 1.807) is 0 Å². The first kappa shape index (κ1) is 22.9. The summed E-state index contributed by atoms with van der Waals surface area (Å²) in [5, 5.41) is 8.60. The Balaban J connectivity index is 3.30. The molecule has 0 amide bonds. The Bertz CT molecular complexity index is 304. The molecule has 24 heavy (non-hydrogen) atoms. The normalized spacial score (nSPS) is 10.6. The summed E-state index contributed by atoms with van der Waals surface area (Å²) in [4.78, 5) is 22.9. The molecule has 0 unspecified atom stereocenters. The summed E-state index contributed by atoms with van der Waals surface area (Å²) in [6.45, 7) is 3.15. The van der Waals surface area contributed by atoms with Crippen LogP contribution in [0, 0.1) is 0 Å². The monoisotopic (exact) mass is 344 g/mol. The van der Waals surface area contributed by atoms with Crippen molar-refractivity contribution in [2.75, 3.05) is 19.8 Å². The van der Waals surface area contributed by atoms with E-state index < -0.39 is 0 Å². The number of hydrogen-bond donors (Lipinski definition) is 1. The summed E-state index contributed by atoms with van der Waals surface area (Å²) < 4.78 is 10.1. The molecule has 0 aromatic carbocycles. The summed E-state index contributed by atoms with van der Waals surface area (Å²) in [6, 6.07) is 0. The van der Waals surface area contributed by atoms with Crippen LogP contribution >= 0.6 is 0 Å². The van der Waals surface area contributed by atoms with Crippen LogP contribution < -0.4 is 0 Å². The molecule has 0 spiro atoms. The molecule has 0 aliphatic carbocycles. The zero-order valence-electron chi connectivity index (χ0n) is 15.4. The van der Waals surface area contributed by atoms with E-state index in [4.69, 9.17) is 14.6 Å². The SMILES string of the molecule is CCCCCCCCCCOC(=O)CCCC(=O)OCCCCO. The summed E-state index contributed by atoms with van der Waals surface area (Å²) >= 11 is 0. The molecule has 5 nitrogen and oxygen atoms in total. The van der Waals surface area contributed by atoms with Crippen molar-refractivity contribution in [1.82, 2.24) is 0 Å². The van der Waals surface area contributed by atoms with Crippen LogP contribution in [0.15, 0.2) is 0 Å². The Morgan fingerprint density at radius 3 is 1.62 bits per heavy atom. The molecule has 0 fully saturated rings. The van der Waals surface area contributed by atoms with Gasteiger partial charge in [-0.2, -0.15) is 0 Å². The number of ether oxygens (including phenoxy) is 2. The van der Waals surface area contributed by atoms with Crippen LogP contribution in [0.4, 0.5) is 0 Å². The van der Waals surface area contributed by atoms with Crippen LogP contribution in [0.5, 0.6) is 0 Å². The third kappa shape index (κ3) is 17.3. The highest BCUT2D eigenvalue weighted by Gasteiger charge is 2.07. The molecule has 0 saturated carbocycles. The maximum atomic E-state index is 11.5. The standard InChI is InChI=1S/C19H36O5/c1-2-3-4-5-6-7-8-10-16-23-18(21)13-12-14-19(22)24-17-11-9-15-20/h20H,2-17H2,1H3. The second-order valence-corrected chi connectivity index (χ2v) is 6.20. The van der Waals surface area contributed by atoms with Crippen molar-refractivity contribution in [2.24, 2.45) is 0 Å². The average molecular weight is 344 g/mol. The van der Waals surface area contributed by atoms with Crippen molar-refractivity contribution >= 4 is 11.9 Å². The smallest absolute Gasteiger partial charge is 0.305 e. The largest absolute Gasteiger partial charge is 0.466 e. The third-order valence-corrected chi connectivity index (χ3v) is 3.84. The van der Waals surface area contributed by atoms with Gasteiger partial charge in [0, 0.05) is 19.4 Å². The zero-order chi connectivity index (χ0) is 17.9. The molecular weight excluding hydrogens is 308 g/mol. The first-order valence-electron chi connectivity index (χ1n) is 9.62. The van der Waals surface area contributed by atoms with Gasteiger partial charge in [0.25, 0.3) is 0 Å². The van der Waals surface area contributed by atoms with Gasteiger partial charge in [0.1, 0.15) is 0 Å². The summed E-state index contributed by atoms with van der Waals surface area (Å²) in [7, 11) is 0. The molecule has 0 aromatic heterocycles. The predicted octanol–water partition coefficient (Wildman–Crippen LogP) is 4.16. The number of carbonyl (C=O) groups excluding carboxylic acids is 2. The van der Waals surface area contributed by atoms with E-state index in [1.165, 1.54) is 38.5 Å². The highest BCUT2D eigenvalue weighted by molar-refractivity contribution is 5.72. The molecule has 142 valence electrons. The molecule has 0 aromatic rings. The van der Waals surface area contributed by atoms with Crippen molar-refractivity contribution in [3.63, 3.8) is 0 Å². The van der Waals surface area contributed by atoms with E-state index in [-0.39, 0.29) is 31.4 Å². The second kappa shape index (κ2) is 18.2. The van der Waals surface area contributed by atoms with E-state index in [2.05, 4.69) is 6.92 Å². The van der Waals surface area contributed by atoms with Gasteiger partial charge in [-0.05, 0) is 25.7 Å². The number of hydrogen-bond acceptors (Lipinski definition) is 5. The lowest BCUT2D eigenvalue weighted by Crippen LogP contribution is -2.09. The fourth-order valence-corrected chi connectivity index (χ4v) is 2.34. The Hall–Kier alpha value is -1.10. The third-order valence-electron chi connectivity index (χ3n) is 3.84. The number of rotatable bonds is 17. The van der Waals surface area contributed by atoms with E-state index in [0.29, 0.717) is 32.5 Å². The van der Waals surface area contributed by atoms with Gasteiger partial charge < -0.3 is 14.6 Å². The maximum absolute atomic E-state index is 11.5. The van der Waals surface area contributed by atoms with E-state index in [1.807, 2.05) is 0 Å². The molecule has 0 aliphatic rings. The number of aliphatic hydroxyl groups is 1. The topological polar surface area (TPSA) is 72.8 Å². The lowest BCUT2D eigenvalue weighted by molar-refractivity contribution is -0.145. The van der Waals surface area contributed by atoms with Gasteiger partial charge in [-0.15, -0.1) is 0 Å². The first-order valence-corrected chi connectivity index (χ1v) is 9.62. The van der Waals surface area contributed by atoms with Crippen LogP contribution in [-0.4, -0.2) is 36.9 Å². The molecule has 0 atom stereocenters. The molecule has 0 saturated heterocycles. The molecule has 0 rings (SSSR count). The number of carbonyl (C=O) groups is 2. The maximum Gasteiger partial charge on any atom is 0.305 e. The van der Waals surface area contributed by atoms with Gasteiger partial charge in [0.15, 0.2) is 0 Å². The molecular formula is C19H36O5. The molecule has 0 heterocycles. The Labute approximate surface area is 147 Å². The van der Waals surface area contributed by atoms with Crippen molar-refractivity contribution in [1.29, 1.82) is 0 Å². The van der Waals surface area contributed by atoms with E-state index >= 15 is 0 Å². The lowest BCUT2D eigenvalue weighted by Gasteiger charge is -2.06. The minimum absolute atomic E-state index is 0.113. The van der Waals surface area contributed by atoms with Gasteiger partial charge in [-0.25, -0.2) is 0 Å². The van der Waals surface area contributed by atoms with Gasteiger partial charge in [-0.3, -0.25) is 9.59 Å². The fourth-order valence-electron chi connectivity index (χ4n) is 2.34. The summed E-state index contributed by atoms with van der Waals surface area (Å²) in [5.41, 5.74) is 0. The highest BCUT2D eigenvalue weighted by atomic mass is 16.5. The number of unbranched alkanes of at least 4 members (excludes halogenated alkanes) is 8. The van der Waals surface area contributed by atoms with Crippen molar-refractivity contribution in [2.45, 2.75) is 90.4 Å². The quantitative estimate of drug-likeness (QED) is 0.317. The summed E-state index contributed by atoms with van der Waals surface area (Å²) in [6.07, 6.45) is 12.0. The fraction of sp³-hybridized carbons (Fsp3) is 0.895. The van der Waals surface area contributed by atoms with Gasteiger partial charge in [0.2, 0.25) is 0 Å². The average Bonchev–Trinajstić information content (AvgIpc) is 2.57. The van der Waals surface area contributed by atoms with Crippen LogP contribution in [0.3, 0.4) is 0 Å². The minimum atomic E-state index is -0.288. The first-order chi connectivity index (χ1) is 11.7. The Kier molecular flexibility index (Phi) is 17.4. The highest BCUT2D eigenvalue weighted by Crippen LogP contribution is 2.08. The van der Waals surface area contributed by atoms with Crippen LogP contribution in [0.1, 0.15) is 90.4 Å². The van der Waals surface area contributed by atoms with Crippen molar-refractivity contribution in [3.05, 3.63) is 0 Å². The Morgan fingerprint density at radius 1 is 0.667 bits per heavy atom. The summed E-state index contributed by atoms with van der Waals surface area (Å²) in [5.74, 6) is -0.519. The van der Waals surface area contributed by atoms with Gasteiger partial charge in [-0.1, -0.05) is 51.9 Å². The van der Waals surface area contributed by atoms with Crippen molar-refractivity contribution < 1.29 is 24.2 Å². The predicted molar refractivity (Wildman–Crippen MR) is 94.7 cm³/mol. The second-order valence-electron chi connectivity index (χ2n) is 6.20. The number of esters is 2.